The molecule has 1 aliphatic heterocycles. The number of fused-ring (bicyclic) bond motifs is 3. The predicted octanol–water partition coefficient (Wildman–Crippen LogP) is 3.62. The number of hydrogen-bond acceptors (Lipinski definition) is 4. The molecule has 2 amide bonds. The lowest BCUT2D eigenvalue weighted by atomic mass is 10.0. The van der Waals surface area contributed by atoms with Crippen LogP contribution in [0.2, 0.25) is 0 Å². The maximum atomic E-state index is 12.9. The van der Waals surface area contributed by atoms with Crippen molar-refractivity contribution in [3.63, 3.8) is 0 Å². The monoisotopic (exact) mass is 368 g/mol. The lowest BCUT2D eigenvalue weighted by Gasteiger charge is -2.06. The second kappa shape index (κ2) is 5.85. The largest absolute Gasteiger partial charge is 0.277 e. The van der Waals surface area contributed by atoms with E-state index >= 15 is 0 Å². The number of carbonyl (C=O) groups excluding carboxylic acids is 2. The Hall–Kier alpha value is -3.80. The molecule has 0 atom stereocenters. The molecule has 3 heterocycles. The number of carbonyl (C=O) groups is 2. The molecule has 6 heteroatoms. The second-order valence-corrected chi connectivity index (χ2v) is 6.83. The molecule has 0 bridgehead atoms. The van der Waals surface area contributed by atoms with Crippen LogP contribution in [0.25, 0.3) is 28.0 Å². The average molecular weight is 368 g/mol. The van der Waals surface area contributed by atoms with Crippen molar-refractivity contribution in [1.82, 2.24) is 19.7 Å². The fraction of sp³-hybridized carbons (Fsp3) is 0.0909. The highest BCUT2D eigenvalue weighted by Crippen LogP contribution is 2.36. The first-order chi connectivity index (χ1) is 13.6. The molecule has 0 radical (unpaired) electrons. The van der Waals surface area contributed by atoms with E-state index in [9.17, 15) is 9.59 Å². The Morgan fingerprint density at radius 3 is 2.36 bits per heavy atom. The molecule has 0 fully saturated rings. The zero-order valence-corrected chi connectivity index (χ0v) is 15.4. The van der Waals surface area contributed by atoms with Crippen molar-refractivity contribution in [2.24, 2.45) is 0 Å². The van der Waals surface area contributed by atoms with Crippen LogP contribution in [0.1, 0.15) is 26.3 Å². The Labute approximate surface area is 161 Å². The first-order valence-electron chi connectivity index (χ1n) is 8.93. The van der Waals surface area contributed by atoms with Crippen LogP contribution in [0.3, 0.4) is 0 Å². The van der Waals surface area contributed by atoms with Crippen molar-refractivity contribution in [3.8, 4) is 16.9 Å². The number of benzene rings is 2. The van der Waals surface area contributed by atoms with Crippen molar-refractivity contribution in [1.29, 1.82) is 0 Å². The van der Waals surface area contributed by atoms with Crippen LogP contribution >= 0.6 is 0 Å². The summed E-state index contributed by atoms with van der Waals surface area (Å²) in [5, 5.41) is 5.43. The van der Waals surface area contributed by atoms with Gasteiger partial charge in [0.25, 0.3) is 11.8 Å². The van der Waals surface area contributed by atoms with Crippen LogP contribution in [-0.2, 0) is 0 Å². The lowest BCUT2D eigenvalue weighted by molar-refractivity contribution is 0.0693. The number of hydrogen-bond donors (Lipinski definition) is 0. The highest BCUT2D eigenvalue weighted by Gasteiger charge is 2.37. The van der Waals surface area contributed by atoms with Crippen LogP contribution in [0, 0.1) is 6.92 Å². The molecule has 5 rings (SSSR count). The summed E-state index contributed by atoms with van der Waals surface area (Å²) in [4.78, 5) is 31.0. The Morgan fingerprint density at radius 2 is 1.61 bits per heavy atom. The number of amides is 2. The van der Waals surface area contributed by atoms with Gasteiger partial charge in [0, 0.05) is 18.8 Å². The van der Waals surface area contributed by atoms with E-state index in [4.69, 9.17) is 5.10 Å². The Balaban J connectivity index is 1.93. The summed E-state index contributed by atoms with van der Waals surface area (Å²) in [5.74, 6) is -0.661. The van der Waals surface area contributed by atoms with Crippen molar-refractivity contribution >= 4 is 22.8 Å². The molecule has 0 N–H and O–H groups in total. The molecule has 0 aliphatic carbocycles. The quantitative estimate of drug-likeness (QED) is 0.507. The molecular formula is C22H16N4O2. The smallest absolute Gasteiger partial charge is 0.262 e. The van der Waals surface area contributed by atoms with Gasteiger partial charge in [-0.3, -0.25) is 14.5 Å². The number of nitrogens with zero attached hydrogens (tertiary/aromatic N) is 4. The molecule has 136 valence electrons. The summed E-state index contributed by atoms with van der Waals surface area (Å²) >= 11 is 0. The molecule has 0 unspecified atom stereocenters. The Kier molecular flexibility index (Phi) is 3.42. The van der Waals surface area contributed by atoms with E-state index in [1.807, 2.05) is 61.5 Å². The molecule has 0 spiro atoms. The van der Waals surface area contributed by atoms with Crippen molar-refractivity contribution < 1.29 is 9.59 Å². The van der Waals surface area contributed by atoms with Gasteiger partial charge in [0.1, 0.15) is 5.69 Å². The third kappa shape index (κ3) is 2.15. The van der Waals surface area contributed by atoms with Gasteiger partial charge in [-0.1, -0.05) is 48.5 Å². The summed E-state index contributed by atoms with van der Waals surface area (Å²) in [6.07, 6.45) is 1.48. The van der Waals surface area contributed by atoms with Crippen molar-refractivity contribution in [2.45, 2.75) is 6.92 Å². The molecule has 0 saturated heterocycles. The SMILES string of the molecule is Cc1ccccc1-n1nc(-c2ccccc2)c2c3c(cnc21)C(=O)N(C)C3=O. The number of imide groups is 1. The zero-order chi connectivity index (χ0) is 19.4. The van der Waals surface area contributed by atoms with E-state index in [0.717, 1.165) is 21.7 Å². The normalized spacial score (nSPS) is 13.4. The predicted molar refractivity (Wildman–Crippen MR) is 105 cm³/mol. The summed E-state index contributed by atoms with van der Waals surface area (Å²) in [5.41, 5.74) is 4.67. The van der Waals surface area contributed by atoms with E-state index in [-0.39, 0.29) is 11.8 Å². The van der Waals surface area contributed by atoms with E-state index in [0.29, 0.717) is 27.9 Å². The van der Waals surface area contributed by atoms with E-state index in [1.165, 1.54) is 13.2 Å². The fourth-order valence-corrected chi connectivity index (χ4v) is 3.68. The van der Waals surface area contributed by atoms with E-state index in [2.05, 4.69) is 4.98 Å². The summed E-state index contributed by atoms with van der Waals surface area (Å²) in [6, 6.07) is 17.5. The van der Waals surface area contributed by atoms with Crippen LogP contribution in [-0.4, -0.2) is 38.5 Å². The number of rotatable bonds is 2. The van der Waals surface area contributed by atoms with Gasteiger partial charge >= 0.3 is 0 Å². The summed E-state index contributed by atoms with van der Waals surface area (Å²) in [6.45, 7) is 2.00. The standard InChI is InChI=1S/C22H16N4O2/c1-13-8-6-7-11-16(13)26-20-18(19(24-26)14-9-4-3-5-10-14)17-15(12-23-20)21(27)25(2)22(17)28/h3-12H,1-2H3. The molecule has 2 aromatic carbocycles. The third-order valence-corrected chi connectivity index (χ3v) is 5.14. The van der Waals surface area contributed by atoms with Gasteiger partial charge in [0.2, 0.25) is 0 Å². The van der Waals surface area contributed by atoms with Crippen LogP contribution in [0.5, 0.6) is 0 Å². The number of aromatic nitrogens is 3. The highest BCUT2D eigenvalue weighted by atomic mass is 16.2. The molecule has 1 aliphatic rings. The van der Waals surface area contributed by atoms with Gasteiger partial charge < -0.3 is 0 Å². The van der Waals surface area contributed by atoms with Gasteiger partial charge in [0.15, 0.2) is 5.65 Å². The first kappa shape index (κ1) is 16.4. The van der Waals surface area contributed by atoms with Crippen LogP contribution < -0.4 is 0 Å². The van der Waals surface area contributed by atoms with Gasteiger partial charge in [-0.15, -0.1) is 0 Å². The summed E-state index contributed by atoms with van der Waals surface area (Å²) in [7, 11) is 1.49. The average Bonchev–Trinajstić information content (AvgIpc) is 3.21. The lowest BCUT2D eigenvalue weighted by Crippen LogP contribution is -2.24. The van der Waals surface area contributed by atoms with E-state index in [1.54, 1.807) is 4.68 Å². The van der Waals surface area contributed by atoms with E-state index < -0.39 is 0 Å². The molecule has 4 aromatic rings. The fourth-order valence-electron chi connectivity index (χ4n) is 3.68. The minimum absolute atomic E-state index is 0.321. The third-order valence-electron chi connectivity index (χ3n) is 5.14. The maximum Gasteiger partial charge on any atom is 0.262 e. The number of para-hydroxylation sites is 1. The van der Waals surface area contributed by atoms with Gasteiger partial charge in [-0.25, -0.2) is 9.67 Å². The molecule has 28 heavy (non-hydrogen) atoms. The number of aryl methyl sites for hydroxylation is 1. The van der Waals surface area contributed by atoms with Gasteiger partial charge in [-0.2, -0.15) is 5.10 Å². The minimum Gasteiger partial charge on any atom is -0.277 e. The van der Waals surface area contributed by atoms with Gasteiger partial charge in [-0.05, 0) is 18.6 Å². The van der Waals surface area contributed by atoms with Crippen LogP contribution in [0.15, 0.2) is 60.8 Å². The van der Waals surface area contributed by atoms with Crippen molar-refractivity contribution in [2.75, 3.05) is 7.05 Å². The highest BCUT2D eigenvalue weighted by molar-refractivity contribution is 6.27. The zero-order valence-electron chi connectivity index (χ0n) is 15.4. The van der Waals surface area contributed by atoms with Gasteiger partial charge in [0.05, 0.1) is 22.2 Å². The Bertz CT molecular complexity index is 1270. The minimum atomic E-state index is -0.336. The second-order valence-electron chi connectivity index (χ2n) is 6.83. The first-order valence-corrected chi connectivity index (χ1v) is 8.93. The molecule has 0 saturated carbocycles. The molecule has 2 aromatic heterocycles. The number of pyridine rings is 1. The van der Waals surface area contributed by atoms with Crippen LogP contribution in [0.4, 0.5) is 0 Å². The molecule has 6 nitrogen and oxygen atoms in total. The molecular weight excluding hydrogens is 352 g/mol. The topological polar surface area (TPSA) is 68.1 Å². The van der Waals surface area contributed by atoms with Crippen molar-refractivity contribution in [3.05, 3.63) is 77.5 Å². The summed E-state index contributed by atoms with van der Waals surface area (Å²) < 4.78 is 1.75. The maximum absolute atomic E-state index is 12.9. The Morgan fingerprint density at radius 1 is 0.893 bits per heavy atom.